The first kappa shape index (κ1) is 11.2. The van der Waals surface area contributed by atoms with Gasteiger partial charge >= 0.3 is 6.09 Å². The number of alkyl carbamates (subject to hydrolysis) is 1. The normalized spacial score (nSPS) is 27.4. The van der Waals surface area contributed by atoms with E-state index in [0.717, 1.165) is 0 Å². The van der Waals surface area contributed by atoms with Crippen molar-refractivity contribution in [3.05, 3.63) is 0 Å². The lowest BCUT2D eigenvalue weighted by molar-refractivity contribution is 0.0490. The first-order chi connectivity index (χ1) is 6.38. The van der Waals surface area contributed by atoms with Crippen molar-refractivity contribution in [1.82, 2.24) is 10.6 Å². The zero-order valence-electron chi connectivity index (χ0n) is 8.76. The molecular weight excluding hydrogens is 187 g/mol. The van der Waals surface area contributed by atoms with Gasteiger partial charge in [-0.05, 0) is 20.8 Å². The van der Waals surface area contributed by atoms with Crippen LogP contribution in [0.25, 0.3) is 0 Å². The summed E-state index contributed by atoms with van der Waals surface area (Å²) in [7, 11) is 0. The highest BCUT2D eigenvalue weighted by Crippen LogP contribution is 2.09. The van der Waals surface area contributed by atoms with Gasteiger partial charge in [-0.2, -0.15) is 0 Å². The number of carbonyl (C=O) groups is 1. The van der Waals surface area contributed by atoms with Crippen LogP contribution in [0, 0.1) is 0 Å². The first-order valence-electron chi connectivity index (χ1n) is 4.73. The third kappa shape index (κ3) is 3.49. The highest BCUT2D eigenvalue weighted by atomic mass is 19.1. The summed E-state index contributed by atoms with van der Waals surface area (Å²) in [5.74, 6) is 0. The second-order valence-electron chi connectivity index (χ2n) is 4.43. The minimum absolute atomic E-state index is 0.292. The molecule has 1 aliphatic rings. The van der Waals surface area contributed by atoms with Crippen molar-refractivity contribution in [2.45, 2.75) is 38.6 Å². The predicted molar refractivity (Wildman–Crippen MR) is 50.9 cm³/mol. The van der Waals surface area contributed by atoms with E-state index in [-0.39, 0.29) is 0 Å². The number of nitrogens with one attached hydrogen (secondary N) is 2. The SMILES string of the molecule is CC(C)(C)OC(=O)N[C@@H]1CNCC1F. The maximum atomic E-state index is 13.0. The standard InChI is InChI=1S/C9H17FN2O2/c1-9(2,3)14-8(13)12-7-5-11-4-6(7)10/h6-7,11H,4-5H2,1-3H3,(H,12,13)/t6?,7-/m1/s1. The Balaban J connectivity index is 2.33. The van der Waals surface area contributed by atoms with Gasteiger partial charge < -0.3 is 15.4 Å². The summed E-state index contributed by atoms with van der Waals surface area (Å²) in [6.45, 7) is 6.06. The number of rotatable bonds is 1. The molecule has 1 aliphatic heterocycles. The van der Waals surface area contributed by atoms with Crippen LogP contribution in [0.1, 0.15) is 20.8 Å². The van der Waals surface area contributed by atoms with Crippen molar-refractivity contribution < 1.29 is 13.9 Å². The summed E-state index contributed by atoms with van der Waals surface area (Å²) in [5, 5.41) is 5.33. The fourth-order valence-corrected chi connectivity index (χ4v) is 1.25. The fourth-order valence-electron chi connectivity index (χ4n) is 1.25. The molecule has 1 heterocycles. The van der Waals surface area contributed by atoms with E-state index in [1.54, 1.807) is 20.8 Å². The van der Waals surface area contributed by atoms with Gasteiger partial charge in [-0.1, -0.05) is 0 Å². The fraction of sp³-hybridized carbons (Fsp3) is 0.889. The molecule has 82 valence electrons. The zero-order valence-corrected chi connectivity index (χ0v) is 8.76. The lowest BCUT2D eigenvalue weighted by Gasteiger charge is -2.22. The summed E-state index contributed by atoms with van der Waals surface area (Å²) < 4.78 is 18.1. The van der Waals surface area contributed by atoms with Crippen LogP contribution in [0.5, 0.6) is 0 Å². The number of hydrogen-bond acceptors (Lipinski definition) is 3. The smallest absolute Gasteiger partial charge is 0.408 e. The highest BCUT2D eigenvalue weighted by Gasteiger charge is 2.29. The summed E-state index contributed by atoms with van der Waals surface area (Å²) in [6, 6.07) is -0.468. The van der Waals surface area contributed by atoms with Crippen molar-refractivity contribution in [3.8, 4) is 0 Å². The van der Waals surface area contributed by atoms with Crippen LogP contribution in [0.15, 0.2) is 0 Å². The average Bonchev–Trinajstić information content (AvgIpc) is 2.32. The highest BCUT2D eigenvalue weighted by molar-refractivity contribution is 5.68. The maximum absolute atomic E-state index is 13.0. The van der Waals surface area contributed by atoms with E-state index in [2.05, 4.69) is 10.6 Å². The van der Waals surface area contributed by atoms with Crippen LogP contribution >= 0.6 is 0 Å². The Labute approximate surface area is 83.2 Å². The minimum Gasteiger partial charge on any atom is -0.444 e. The Morgan fingerprint density at radius 2 is 2.14 bits per heavy atom. The molecule has 1 unspecified atom stereocenters. The Morgan fingerprint density at radius 1 is 1.50 bits per heavy atom. The zero-order chi connectivity index (χ0) is 10.8. The van der Waals surface area contributed by atoms with Gasteiger partial charge in [-0.3, -0.25) is 0 Å². The van der Waals surface area contributed by atoms with Gasteiger partial charge in [-0.15, -0.1) is 0 Å². The van der Waals surface area contributed by atoms with Crippen molar-refractivity contribution in [2.24, 2.45) is 0 Å². The molecule has 4 nitrogen and oxygen atoms in total. The molecule has 2 atom stereocenters. The van der Waals surface area contributed by atoms with Crippen LogP contribution in [0.2, 0.25) is 0 Å². The molecule has 0 aromatic rings. The Kier molecular flexibility index (Phi) is 3.31. The number of ether oxygens (including phenoxy) is 1. The second-order valence-corrected chi connectivity index (χ2v) is 4.43. The van der Waals surface area contributed by atoms with Crippen molar-refractivity contribution in [3.63, 3.8) is 0 Å². The summed E-state index contributed by atoms with van der Waals surface area (Å²) in [4.78, 5) is 11.2. The van der Waals surface area contributed by atoms with Gasteiger partial charge in [0.25, 0.3) is 0 Å². The molecule has 14 heavy (non-hydrogen) atoms. The van der Waals surface area contributed by atoms with Crippen molar-refractivity contribution >= 4 is 6.09 Å². The lowest BCUT2D eigenvalue weighted by atomic mass is 10.2. The van der Waals surface area contributed by atoms with Gasteiger partial charge in [0.1, 0.15) is 11.8 Å². The number of alkyl halides is 1. The molecule has 0 radical (unpaired) electrons. The van der Waals surface area contributed by atoms with E-state index in [1.165, 1.54) is 0 Å². The van der Waals surface area contributed by atoms with Gasteiger partial charge in [0.2, 0.25) is 0 Å². The van der Waals surface area contributed by atoms with Gasteiger partial charge in [-0.25, -0.2) is 9.18 Å². The Morgan fingerprint density at radius 3 is 2.57 bits per heavy atom. The minimum atomic E-state index is -1.03. The molecule has 0 bridgehead atoms. The molecule has 0 saturated carbocycles. The molecule has 1 fully saturated rings. The van der Waals surface area contributed by atoms with Crippen molar-refractivity contribution in [1.29, 1.82) is 0 Å². The summed E-state index contributed by atoms with van der Waals surface area (Å²) >= 11 is 0. The molecule has 1 rings (SSSR count). The average molecular weight is 204 g/mol. The van der Waals surface area contributed by atoms with E-state index in [0.29, 0.717) is 13.1 Å². The van der Waals surface area contributed by atoms with Gasteiger partial charge in [0.05, 0.1) is 6.04 Å². The number of halogens is 1. The van der Waals surface area contributed by atoms with Gasteiger partial charge in [0, 0.05) is 13.1 Å². The third-order valence-electron chi connectivity index (χ3n) is 1.84. The molecule has 0 aromatic carbocycles. The molecule has 1 amide bonds. The maximum Gasteiger partial charge on any atom is 0.408 e. The second kappa shape index (κ2) is 4.13. The Hall–Kier alpha value is -0.840. The number of carbonyl (C=O) groups excluding carboxylic acids is 1. The van der Waals surface area contributed by atoms with Crippen LogP contribution < -0.4 is 10.6 Å². The largest absolute Gasteiger partial charge is 0.444 e. The molecule has 0 spiro atoms. The van der Waals surface area contributed by atoms with Gasteiger partial charge in [0.15, 0.2) is 0 Å². The van der Waals surface area contributed by atoms with E-state index < -0.39 is 23.9 Å². The van der Waals surface area contributed by atoms with Crippen molar-refractivity contribution in [2.75, 3.05) is 13.1 Å². The number of amides is 1. The van der Waals surface area contributed by atoms with Crippen LogP contribution in [-0.2, 0) is 4.74 Å². The molecule has 2 N–H and O–H groups in total. The van der Waals surface area contributed by atoms with E-state index in [9.17, 15) is 9.18 Å². The summed E-state index contributed by atoms with van der Waals surface area (Å²) in [6.07, 6.45) is -1.59. The topological polar surface area (TPSA) is 50.4 Å². The predicted octanol–water partition coefficient (Wildman–Crippen LogP) is 0.821. The van der Waals surface area contributed by atoms with E-state index >= 15 is 0 Å². The van der Waals surface area contributed by atoms with Crippen LogP contribution in [0.3, 0.4) is 0 Å². The monoisotopic (exact) mass is 204 g/mol. The van der Waals surface area contributed by atoms with E-state index in [1.807, 2.05) is 0 Å². The molecule has 0 aliphatic carbocycles. The molecule has 5 heteroatoms. The molecule has 1 saturated heterocycles. The third-order valence-corrected chi connectivity index (χ3v) is 1.84. The first-order valence-corrected chi connectivity index (χ1v) is 4.73. The Bertz CT molecular complexity index is 215. The lowest BCUT2D eigenvalue weighted by Crippen LogP contribution is -2.43. The quantitative estimate of drug-likeness (QED) is 0.665. The van der Waals surface area contributed by atoms with Crippen LogP contribution in [0.4, 0.5) is 9.18 Å². The van der Waals surface area contributed by atoms with E-state index in [4.69, 9.17) is 4.74 Å². The van der Waals surface area contributed by atoms with Crippen LogP contribution in [-0.4, -0.2) is 37.0 Å². The summed E-state index contributed by atoms with van der Waals surface area (Å²) in [5.41, 5.74) is -0.540. The number of hydrogen-bond donors (Lipinski definition) is 2. The molecular formula is C9H17FN2O2. The molecule has 0 aromatic heterocycles.